The molecular formula is C23H23BrN4O4S. The molecule has 0 fully saturated rings. The molecule has 8 nitrogen and oxygen atoms in total. The summed E-state index contributed by atoms with van der Waals surface area (Å²) in [6, 6.07) is 9.73. The summed E-state index contributed by atoms with van der Waals surface area (Å²) >= 11 is 3.40. The summed E-state index contributed by atoms with van der Waals surface area (Å²) in [6.45, 7) is 3.22. The van der Waals surface area contributed by atoms with E-state index in [0.717, 1.165) is 23.6 Å². The van der Waals surface area contributed by atoms with E-state index in [9.17, 15) is 23.8 Å². The smallest absolute Gasteiger partial charge is 0.272 e. The van der Waals surface area contributed by atoms with Crippen molar-refractivity contribution in [3.8, 4) is 18.4 Å². The van der Waals surface area contributed by atoms with Gasteiger partial charge < -0.3 is 4.90 Å². The first-order chi connectivity index (χ1) is 15.8. The molecule has 0 unspecified atom stereocenters. The topological polar surface area (TPSA) is 108 Å². The highest BCUT2D eigenvalue weighted by molar-refractivity contribution is 9.09. The molecule has 2 aromatic carbocycles. The molecule has 2 aromatic rings. The lowest BCUT2D eigenvalue weighted by Gasteiger charge is -2.32. The van der Waals surface area contributed by atoms with Gasteiger partial charge in [-0.2, -0.15) is 9.57 Å². The van der Waals surface area contributed by atoms with Crippen molar-refractivity contribution in [1.29, 1.82) is 5.26 Å². The second kappa shape index (κ2) is 10.3. The van der Waals surface area contributed by atoms with Gasteiger partial charge in [0.05, 0.1) is 27.8 Å². The van der Waals surface area contributed by atoms with Gasteiger partial charge in [-0.3, -0.25) is 10.1 Å². The number of anilines is 1. The molecule has 0 amide bonds. The molecule has 1 aliphatic heterocycles. The second-order valence-corrected chi connectivity index (χ2v) is 10.3. The van der Waals surface area contributed by atoms with Crippen molar-refractivity contribution in [3.63, 3.8) is 0 Å². The maximum absolute atomic E-state index is 13.9. The summed E-state index contributed by atoms with van der Waals surface area (Å²) < 4.78 is 29.0. The van der Waals surface area contributed by atoms with Crippen LogP contribution in [0.25, 0.3) is 0 Å². The SMILES string of the molecule is C#Cc1cc([N+](=O)[O-])cc(S(=O)(=O)N2CCc3c(C#N)cccc3C2)c1N(CCC)CCBr. The van der Waals surface area contributed by atoms with Crippen molar-refractivity contribution in [2.75, 3.05) is 29.9 Å². The predicted octanol–water partition coefficient (Wildman–Crippen LogP) is 3.81. The van der Waals surface area contributed by atoms with Crippen molar-refractivity contribution >= 4 is 37.3 Å². The molecule has 0 spiro atoms. The molecule has 1 aliphatic rings. The Morgan fingerprint density at radius 3 is 2.67 bits per heavy atom. The van der Waals surface area contributed by atoms with Crippen molar-refractivity contribution in [3.05, 3.63) is 62.7 Å². The van der Waals surface area contributed by atoms with Crippen LogP contribution >= 0.6 is 15.9 Å². The molecule has 33 heavy (non-hydrogen) atoms. The van der Waals surface area contributed by atoms with E-state index in [2.05, 4.69) is 27.9 Å². The lowest BCUT2D eigenvalue weighted by atomic mass is 9.96. The lowest BCUT2D eigenvalue weighted by Crippen LogP contribution is -2.38. The number of sulfonamides is 1. The van der Waals surface area contributed by atoms with Crippen LogP contribution in [0.15, 0.2) is 35.2 Å². The van der Waals surface area contributed by atoms with E-state index >= 15 is 0 Å². The Balaban J connectivity index is 2.19. The molecule has 172 valence electrons. The zero-order valence-electron chi connectivity index (χ0n) is 18.1. The third kappa shape index (κ3) is 4.88. The van der Waals surface area contributed by atoms with Crippen molar-refractivity contribution < 1.29 is 13.3 Å². The van der Waals surface area contributed by atoms with Crippen molar-refractivity contribution in [2.24, 2.45) is 0 Å². The summed E-state index contributed by atoms with van der Waals surface area (Å²) in [7, 11) is -4.13. The largest absolute Gasteiger partial charge is 0.369 e. The van der Waals surface area contributed by atoms with Crippen LogP contribution in [0.5, 0.6) is 0 Å². The van der Waals surface area contributed by atoms with Gasteiger partial charge in [0.25, 0.3) is 5.69 Å². The van der Waals surface area contributed by atoms with Gasteiger partial charge in [0.2, 0.25) is 10.0 Å². The van der Waals surface area contributed by atoms with E-state index in [0.29, 0.717) is 36.1 Å². The summed E-state index contributed by atoms with van der Waals surface area (Å²) in [5.74, 6) is 2.45. The van der Waals surface area contributed by atoms with Gasteiger partial charge in [-0.25, -0.2) is 8.42 Å². The van der Waals surface area contributed by atoms with Crippen LogP contribution in [0.3, 0.4) is 0 Å². The average molecular weight is 531 g/mol. The third-order valence-electron chi connectivity index (χ3n) is 5.56. The Morgan fingerprint density at radius 1 is 1.30 bits per heavy atom. The van der Waals surface area contributed by atoms with Crippen LogP contribution in [-0.2, 0) is 23.0 Å². The first kappa shape index (κ1) is 24.7. The molecule has 0 atom stereocenters. The molecular weight excluding hydrogens is 508 g/mol. The number of alkyl halides is 1. The number of nitro benzene ring substituents is 1. The number of hydrogen-bond acceptors (Lipinski definition) is 6. The summed E-state index contributed by atoms with van der Waals surface area (Å²) in [5, 5.41) is 21.5. The van der Waals surface area contributed by atoms with E-state index in [1.54, 1.807) is 18.2 Å². The molecule has 0 saturated carbocycles. The zero-order valence-corrected chi connectivity index (χ0v) is 20.5. The quantitative estimate of drug-likeness (QED) is 0.222. The fourth-order valence-electron chi connectivity index (χ4n) is 4.07. The van der Waals surface area contributed by atoms with Crippen molar-refractivity contribution in [2.45, 2.75) is 31.2 Å². The monoisotopic (exact) mass is 530 g/mol. The minimum atomic E-state index is -4.13. The minimum absolute atomic E-state index is 0.0763. The zero-order chi connectivity index (χ0) is 24.2. The first-order valence-corrected chi connectivity index (χ1v) is 13.0. The van der Waals surface area contributed by atoms with Crippen LogP contribution in [-0.4, -0.2) is 42.6 Å². The Labute approximate surface area is 202 Å². The number of non-ortho nitro benzene ring substituents is 1. The molecule has 0 aliphatic carbocycles. The van der Waals surface area contributed by atoms with Gasteiger partial charge in [0.1, 0.15) is 4.90 Å². The number of nitriles is 1. The molecule has 1 heterocycles. The highest BCUT2D eigenvalue weighted by Crippen LogP contribution is 2.37. The molecule has 0 N–H and O–H groups in total. The van der Waals surface area contributed by atoms with Crippen LogP contribution in [0, 0.1) is 33.8 Å². The van der Waals surface area contributed by atoms with Gasteiger partial charge in [-0.05, 0) is 30.0 Å². The Hall–Kier alpha value is -2.92. The number of rotatable bonds is 8. The standard InChI is InChI=1S/C23H23BrN4O4S/c1-3-10-26(12-9-24)23-17(4-2)13-20(28(29)30)14-22(23)33(31,32)27-11-8-21-18(15-25)6-5-7-19(21)16-27/h2,5-7,13-14H,3,8-12,16H2,1H3. The predicted molar refractivity (Wildman–Crippen MR) is 130 cm³/mol. The second-order valence-electron chi connectivity index (χ2n) is 7.56. The van der Waals surface area contributed by atoms with Gasteiger partial charge >= 0.3 is 0 Å². The fraction of sp³-hybridized carbons (Fsp3) is 0.348. The molecule has 0 radical (unpaired) electrons. The van der Waals surface area contributed by atoms with Gasteiger partial charge in [0, 0.05) is 43.6 Å². The lowest BCUT2D eigenvalue weighted by molar-refractivity contribution is -0.385. The molecule has 3 rings (SSSR count). The van der Waals surface area contributed by atoms with Gasteiger partial charge in [-0.15, -0.1) is 6.42 Å². The highest BCUT2D eigenvalue weighted by atomic mass is 79.9. The number of nitro groups is 1. The molecule has 10 heteroatoms. The fourth-order valence-corrected chi connectivity index (χ4v) is 6.17. The highest BCUT2D eigenvalue weighted by Gasteiger charge is 2.34. The molecule has 0 saturated heterocycles. The van der Waals surface area contributed by atoms with E-state index in [4.69, 9.17) is 6.42 Å². The number of nitrogens with zero attached hydrogens (tertiary/aromatic N) is 4. The Kier molecular flexibility index (Phi) is 7.75. The van der Waals surface area contributed by atoms with E-state index < -0.39 is 14.9 Å². The average Bonchev–Trinajstić information content (AvgIpc) is 2.82. The van der Waals surface area contributed by atoms with Gasteiger partial charge in [0.15, 0.2) is 0 Å². The van der Waals surface area contributed by atoms with Crippen LogP contribution in [0.1, 0.15) is 35.6 Å². The van der Waals surface area contributed by atoms with Gasteiger partial charge in [-0.1, -0.05) is 40.9 Å². The summed E-state index contributed by atoms with van der Waals surface area (Å²) in [5.41, 5.74) is 2.22. The first-order valence-electron chi connectivity index (χ1n) is 10.4. The van der Waals surface area contributed by atoms with Crippen LogP contribution in [0.4, 0.5) is 11.4 Å². The maximum atomic E-state index is 13.9. The Morgan fingerprint density at radius 2 is 2.06 bits per heavy atom. The number of terminal acetylenes is 1. The molecule has 0 aromatic heterocycles. The van der Waals surface area contributed by atoms with Crippen molar-refractivity contribution in [1.82, 2.24) is 4.31 Å². The van der Waals surface area contributed by atoms with Crippen LogP contribution in [0.2, 0.25) is 0 Å². The Bertz CT molecular complexity index is 1260. The normalized spacial score (nSPS) is 13.6. The number of hydrogen-bond donors (Lipinski definition) is 0. The third-order valence-corrected chi connectivity index (χ3v) is 7.77. The van der Waals surface area contributed by atoms with Crippen LogP contribution < -0.4 is 4.90 Å². The number of benzene rings is 2. The number of halogens is 1. The summed E-state index contributed by atoms with van der Waals surface area (Å²) in [6.07, 6.45) is 6.80. The number of fused-ring (bicyclic) bond motifs is 1. The van der Waals surface area contributed by atoms with E-state index in [-0.39, 0.29) is 29.2 Å². The molecule has 0 bridgehead atoms. The van der Waals surface area contributed by atoms with E-state index in [1.807, 2.05) is 11.8 Å². The van der Waals surface area contributed by atoms with E-state index in [1.165, 1.54) is 10.4 Å². The maximum Gasteiger partial charge on any atom is 0.272 e. The minimum Gasteiger partial charge on any atom is -0.369 e. The summed E-state index contributed by atoms with van der Waals surface area (Å²) in [4.78, 5) is 12.6.